The Hall–Kier alpha value is -8.63. The third-order valence-electron chi connectivity index (χ3n) is 10.7. The molecule has 352 valence electrons. The van der Waals surface area contributed by atoms with Gasteiger partial charge in [0, 0.05) is 17.7 Å². The number of hydrogen-bond acceptors (Lipinski definition) is 16. The van der Waals surface area contributed by atoms with Crippen molar-refractivity contribution in [3.8, 4) is 40.1 Å². The summed E-state index contributed by atoms with van der Waals surface area (Å²) in [6.07, 6.45) is -8.58. The smallest absolute Gasteiger partial charge is 0.338 e. The monoisotopic (exact) mass is 936 g/mol. The molecule has 1 aromatic heterocycles. The van der Waals surface area contributed by atoms with Crippen molar-refractivity contribution in [3.05, 3.63) is 184 Å². The van der Waals surface area contributed by atoms with E-state index in [4.69, 9.17) is 37.6 Å². The van der Waals surface area contributed by atoms with Crippen LogP contribution in [-0.4, -0.2) is 83.1 Å². The van der Waals surface area contributed by atoms with Gasteiger partial charge in [0.2, 0.25) is 23.6 Å². The zero-order chi connectivity index (χ0) is 48.6. The van der Waals surface area contributed by atoms with Crippen LogP contribution >= 0.6 is 0 Å². The first kappa shape index (κ1) is 46.9. The Labute approximate surface area is 393 Å². The number of hydrogen-bond donors (Lipinski definition) is 3. The number of aromatic hydroxyl groups is 3. The van der Waals surface area contributed by atoms with Gasteiger partial charge in [-0.2, -0.15) is 0 Å². The van der Waals surface area contributed by atoms with Crippen molar-refractivity contribution in [2.24, 2.45) is 5.92 Å². The summed E-state index contributed by atoms with van der Waals surface area (Å²) in [6.45, 7) is 3.14. The van der Waals surface area contributed by atoms with E-state index >= 15 is 0 Å². The van der Waals surface area contributed by atoms with E-state index in [9.17, 15) is 39.3 Å². The van der Waals surface area contributed by atoms with Crippen LogP contribution in [0.1, 0.15) is 55.3 Å². The lowest BCUT2D eigenvalue weighted by Crippen LogP contribution is -2.63. The van der Waals surface area contributed by atoms with Gasteiger partial charge in [-0.25, -0.2) is 19.2 Å². The maximum absolute atomic E-state index is 14.2. The molecule has 2 heterocycles. The molecule has 0 spiro atoms. The minimum Gasteiger partial charge on any atom is -0.507 e. The van der Waals surface area contributed by atoms with Gasteiger partial charge < -0.3 is 52.9 Å². The van der Waals surface area contributed by atoms with Crippen molar-refractivity contribution < 1.29 is 72.1 Å². The molecule has 7 aromatic rings. The first-order chi connectivity index (χ1) is 33.3. The molecule has 2 unspecified atom stereocenters. The van der Waals surface area contributed by atoms with Crippen LogP contribution in [0.5, 0.6) is 28.7 Å². The lowest BCUT2D eigenvalue weighted by atomic mass is 9.97. The van der Waals surface area contributed by atoms with Crippen LogP contribution in [0.15, 0.2) is 161 Å². The third kappa shape index (κ3) is 10.8. The summed E-state index contributed by atoms with van der Waals surface area (Å²) in [5.41, 5.74) is -0.512. The summed E-state index contributed by atoms with van der Waals surface area (Å²) in [5.74, 6) is -5.92. The molecule has 1 aliphatic heterocycles. The molecule has 0 bridgehead atoms. The Balaban J connectivity index is 1.26. The van der Waals surface area contributed by atoms with Crippen molar-refractivity contribution in [1.82, 2.24) is 0 Å². The molecule has 16 nitrogen and oxygen atoms in total. The molecule has 1 saturated heterocycles. The minimum absolute atomic E-state index is 0.0482. The quantitative estimate of drug-likeness (QED) is 0.0500. The Morgan fingerprint density at radius 1 is 0.580 bits per heavy atom. The highest BCUT2D eigenvalue weighted by Crippen LogP contribution is 2.40. The number of esters is 4. The van der Waals surface area contributed by atoms with Crippen LogP contribution in [0.2, 0.25) is 0 Å². The Morgan fingerprint density at radius 3 is 1.61 bits per heavy atom. The lowest BCUT2D eigenvalue weighted by molar-refractivity contribution is -0.275. The highest BCUT2D eigenvalue weighted by atomic mass is 16.7. The fourth-order valence-corrected chi connectivity index (χ4v) is 7.32. The highest BCUT2D eigenvalue weighted by Gasteiger charge is 2.54. The molecular weight excluding hydrogens is 893 g/mol. The molecule has 8 rings (SSSR count). The highest BCUT2D eigenvalue weighted by molar-refractivity contribution is 5.92. The van der Waals surface area contributed by atoms with Crippen molar-refractivity contribution in [3.63, 3.8) is 0 Å². The number of carbonyl (C=O) groups excluding carboxylic acids is 4. The summed E-state index contributed by atoms with van der Waals surface area (Å²) in [4.78, 5) is 69.6. The van der Waals surface area contributed by atoms with Crippen LogP contribution in [0.25, 0.3) is 22.3 Å². The van der Waals surface area contributed by atoms with E-state index in [1.165, 1.54) is 66.7 Å². The first-order valence-corrected chi connectivity index (χ1v) is 21.7. The van der Waals surface area contributed by atoms with Gasteiger partial charge in [-0.15, -0.1) is 0 Å². The van der Waals surface area contributed by atoms with Gasteiger partial charge in [-0.05, 0) is 72.6 Å². The summed E-state index contributed by atoms with van der Waals surface area (Å²) in [6, 6.07) is 37.5. The van der Waals surface area contributed by atoms with Gasteiger partial charge >= 0.3 is 23.9 Å². The van der Waals surface area contributed by atoms with Gasteiger partial charge in [-0.1, -0.05) is 86.6 Å². The number of benzene rings is 6. The molecule has 3 N–H and O–H groups in total. The molecule has 0 amide bonds. The van der Waals surface area contributed by atoms with E-state index in [-0.39, 0.29) is 68.6 Å². The van der Waals surface area contributed by atoms with Crippen molar-refractivity contribution >= 4 is 34.8 Å². The topological polar surface area (TPSA) is 224 Å². The van der Waals surface area contributed by atoms with Crippen molar-refractivity contribution in [1.29, 1.82) is 0 Å². The summed E-state index contributed by atoms with van der Waals surface area (Å²) in [7, 11) is 0. The Morgan fingerprint density at radius 2 is 1.09 bits per heavy atom. The molecule has 0 saturated carbocycles. The van der Waals surface area contributed by atoms with Gasteiger partial charge in [0.25, 0.3) is 0 Å². The SMILES string of the molecule is CC(C)COc1c(-c2ccc(O)c(O)c2)oc2cc(O[C@@H]3OC(COC(=O)c4ccccc4)[C@@H](OC(=O)c4ccccc4)C(OC(=O)c4ccccc4)[C@@H]3OC(=O)c3ccccc3)cc(O)c2c1=O. The molecule has 1 fully saturated rings. The van der Waals surface area contributed by atoms with E-state index in [0.717, 1.165) is 12.1 Å². The second-order valence-corrected chi connectivity index (χ2v) is 16.1. The van der Waals surface area contributed by atoms with E-state index in [1.807, 2.05) is 13.8 Å². The fourth-order valence-electron chi connectivity index (χ4n) is 7.32. The summed E-state index contributed by atoms with van der Waals surface area (Å²) in [5, 5.41) is 31.7. The first-order valence-electron chi connectivity index (χ1n) is 21.7. The van der Waals surface area contributed by atoms with Gasteiger partial charge in [0.15, 0.2) is 29.5 Å². The molecule has 1 aliphatic rings. The van der Waals surface area contributed by atoms with Crippen molar-refractivity contribution in [2.75, 3.05) is 13.2 Å². The molecule has 69 heavy (non-hydrogen) atoms. The molecule has 0 aliphatic carbocycles. The number of phenolic OH excluding ortho intramolecular Hbond substituents is 3. The van der Waals surface area contributed by atoms with Gasteiger partial charge in [0.1, 0.15) is 35.2 Å². The number of rotatable bonds is 15. The van der Waals surface area contributed by atoms with Crippen LogP contribution in [-0.2, 0) is 23.7 Å². The van der Waals surface area contributed by atoms with E-state index in [1.54, 1.807) is 72.8 Å². The number of phenols is 3. The van der Waals surface area contributed by atoms with E-state index in [0.29, 0.717) is 0 Å². The maximum Gasteiger partial charge on any atom is 0.338 e. The number of carbonyl (C=O) groups is 4. The maximum atomic E-state index is 14.2. The van der Waals surface area contributed by atoms with Crippen LogP contribution in [0.4, 0.5) is 0 Å². The average Bonchev–Trinajstić information content (AvgIpc) is 3.36. The number of ether oxygens (including phenoxy) is 7. The zero-order valence-electron chi connectivity index (χ0n) is 37.0. The molecule has 6 aromatic carbocycles. The summed E-state index contributed by atoms with van der Waals surface area (Å²) >= 11 is 0. The molecule has 5 atom stereocenters. The Kier molecular flexibility index (Phi) is 14.2. The van der Waals surface area contributed by atoms with Gasteiger partial charge in [-0.3, -0.25) is 4.79 Å². The standard InChI is InChI=1S/C53H44O16/c1-30(2)28-62-46-43(57)42-39(56)26-36(27-40(42)65-44(46)35-23-24-37(54)38(55)25-35)64-53-48(69-52(61)34-21-13-6-14-22-34)47(68-51(60)33-19-11-5-12-20-33)45(67-50(59)32-17-9-4-10-18-32)41(66-53)29-63-49(58)31-15-7-3-8-16-31/h3-27,30,41,45,47-48,53-56H,28-29H2,1-2H3/t41?,45-,47?,48+,53-/m1/s1. The second-order valence-electron chi connectivity index (χ2n) is 16.1. The largest absolute Gasteiger partial charge is 0.507 e. The van der Waals surface area contributed by atoms with Gasteiger partial charge in [0.05, 0.1) is 28.9 Å². The minimum atomic E-state index is -1.83. The lowest BCUT2D eigenvalue weighted by Gasteiger charge is -2.44. The predicted octanol–water partition coefficient (Wildman–Crippen LogP) is 8.25. The van der Waals surface area contributed by atoms with Crippen molar-refractivity contribution in [2.45, 2.75) is 44.6 Å². The predicted molar refractivity (Wildman–Crippen MR) is 246 cm³/mol. The average molecular weight is 937 g/mol. The molecular formula is C53H44O16. The fraction of sp³-hybridized carbons (Fsp3) is 0.189. The van der Waals surface area contributed by atoms with E-state index < -0.39 is 83.9 Å². The molecule has 0 radical (unpaired) electrons. The van der Waals surface area contributed by atoms with Crippen LogP contribution in [0, 0.1) is 5.92 Å². The van der Waals surface area contributed by atoms with E-state index in [2.05, 4.69) is 0 Å². The molecule has 16 heteroatoms. The number of fused-ring (bicyclic) bond motifs is 1. The zero-order valence-corrected chi connectivity index (χ0v) is 37.0. The Bertz CT molecular complexity index is 3010. The van der Waals surface area contributed by atoms with Crippen LogP contribution in [0.3, 0.4) is 0 Å². The van der Waals surface area contributed by atoms with Crippen LogP contribution < -0.4 is 14.9 Å². The normalized spacial score (nSPS) is 17.6. The third-order valence-corrected chi connectivity index (χ3v) is 10.7. The second kappa shape index (κ2) is 20.9. The summed E-state index contributed by atoms with van der Waals surface area (Å²) < 4.78 is 49.1.